The van der Waals surface area contributed by atoms with E-state index in [2.05, 4.69) is 0 Å². The van der Waals surface area contributed by atoms with Gasteiger partial charge >= 0.3 is 0 Å². The van der Waals surface area contributed by atoms with Crippen LogP contribution in [0.2, 0.25) is 0 Å². The molecule has 2 rings (SSSR count). The van der Waals surface area contributed by atoms with Gasteiger partial charge in [-0.25, -0.2) is 12.8 Å². The van der Waals surface area contributed by atoms with Crippen molar-refractivity contribution in [3.05, 3.63) is 58.8 Å². The molecule has 0 fully saturated rings. The minimum Gasteiger partial charge on any atom is -0.504 e. The number of rotatable bonds is 3. The Morgan fingerprint density at radius 3 is 2.27 bits per heavy atom. The molecule has 0 unspecified atom stereocenters. The molecule has 2 N–H and O–H groups in total. The number of phenolic OH excluding ortho intramolecular Hbond substituents is 2. The maximum atomic E-state index is 12.9. The van der Waals surface area contributed by atoms with E-state index in [0.29, 0.717) is 0 Å². The van der Waals surface area contributed by atoms with E-state index in [4.69, 9.17) is 5.26 Å². The number of hydrogen-bond donors (Lipinski definition) is 2. The molecule has 0 amide bonds. The average molecular weight is 319 g/mol. The van der Waals surface area contributed by atoms with Crippen molar-refractivity contribution in [3.63, 3.8) is 0 Å². The molecule has 0 aromatic heterocycles. The summed E-state index contributed by atoms with van der Waals surface area (Å²) in [6.45, 7) is 0. The van der Waals surface area contributed by atoms with Crippen molar-refractivity contribution in [3.8, 4) is 17.6 Å². The van der Waals surface area contributed by atoms with Crippen molar-refractivity contribution in [2.75, 3.05) is 0 Å². The fourth-order valence-electron chi connectivity index (χ4n) is 1.69. The number of aromatic hydroxyl groups is 2. The summed E-state index contributed by atoms with van der Waals surface area (Å²) in [6, 6.07) is 9.28. The molecular formula is C15H10FNO4S. The molecule has 0 saturated heterocycles. The largest absolute Gasteiger partial charge is 0.504 e. The first-order valence-corrected chi connectivity index (χ1v) is 7.47. The topological polar surface area (TPSA) is 98.4 Å². The highest BCUT2D eigenvalue weighted by atomic mass is 32.2. The summed E-state index contributed by atoms with van der Waals surface area (Å²) in [7, 11) is -4.10. The molecule has 2 aromatic carbocycles. The normalized spacial score (nSPS) is 11.9. The second-order valence-corrected chi connectivity index (χ2v) is 6.24. The quantitative estimate of drug-likeness (QED) is 0.515. The molecule has 0 atom stereocenters. The van der Waals surface area contributed by atoms with Crippen molar-refractivity contribution in [2.24, 2.45) is 0 Å². The third kappa shape index (κ3) is 3.07. The zero-order valence-corrected chi connectivity index (χ0v) is 11.9. The van der Waals surface area contributed by atoms with Crippen molar-refractivity contribution in [1.82, 2.24) is 0 Å². The van der Waals surface area contributed by atoms with Gasteiger partial charge in [0, 0.05) is 0 Å². The van der Waals surface area contributed by atoms with E-state index in [1.54, 1.807) is 6.07 Å². The lowest BCUT2D eigenvalue weighted by Gasteiger charge is -2.04. The summed E-state index contributed by atoms with van der Waals surface area (Å²) in [6.07, 6.45) is 1.05. The predicted molar refractivity (Wildman–Crippen MR) is 76.9 cm³/mol. The molecule has 2 aromatic rings. The number of benzene rings is 2. The van der Waals surface area contributed by atoms with Crippen LogP contribution in [0.5, 0.6) is 11.5 Å². The van der Waals surface area contributed by atoms with Crippen LogP contribution in [0.15, 0.2) is 52.3 Å². The van der Waals surface area contributed by atoms with Crippen LogP contribution in [0.3, 0.4) is 0 Å². The van der Waals surface area contributed by atoms with E-state index in [1.807, 2.05) is 0 Å². The lowest BCUT2D eigenvalue weighted by atomic mass is 10.2. The Morgan fingerprint density at radius 2 is 1.73 bits per heavy atom. The number of hydrogen-bond acceptors (Lipinski definition) is 5. The van der Waals surface area contributed by atoms with E-state index < -0.39 is 26.3 Å². The fourth-order valence-corrected chi connectivity index (χ4v) is 2.85. The first kappa shape index (κ1) is 15.5. The Balaban J connectivity index is 2.51. The van der Waals surface area contributed by atoms with Crippen molar-refractivity contribution >= 4 is 15.9 Å². The Kier molecular flexibility index (Phi) is 4.15. The van der Waals surface area contributed by atoms with Gasteiger partial charge in [0.1, 0.15) is 16.8 Å². The molecular weight excluding hydrogens is 309 g/mol. The first-order valence-electron chi connectivity index (χ1n) is 5.99. The van der Waals surface area contributed by atoms with Crippen molar-refractivity contribution in [2.45, 2.75) is 4.90 Å². The molecule has 7 heteroatoms. The Bertz CT molecular complexity index is 881. The van der Waals surface area contributed by atoms with Gasteiger partial charge in [-0.3, -0.25) is 0 Å². The Morgan fingerprint density at radius 1 is 1.09 bits per heavy atom. The molecule has 0 radical (unpaired) electrons. The summed E-state index contributed by atoms with van der Waals surface area (Å²) in [5, 5.41) is 27.7. The van der Waals surface area contributed by atoms with E-state index in [0.717, 1.165) is 36.4 Å². The van der Waals surface area contributed by atoms with Crippen LogP contribution < -0.4 is 0 Å². The maximum Gasteiger partial charge on any atom is 0.216 e. The van der Waals surface area contributed by atoms with Gasteiger partial charge in [0.15, 0.2) is 11.5 Å². The van der Waals surface area contributed by atoms with Gasteiger partial charge in [0.05, 0.1) is 4.90 Å². The van der Waals surface area contributed by atoms with Gasteiger partial charge in [0.2, 0.25) is 9.84 Å². The molecule has 0 aliphatic carbocycles. The minimum atomic E-state index is -4.10. The average Bonchev–Trinajstić information content (AvgIpc) is 2.48. The minimum absolute atomic E-state index is 0.218. The highest BCUT2D eigenvalue weighted by molar-refractivity contribution is 7.95. The summed E-state index contributed by atoms with van der Waals surface area (Å²) in [5.74, 6) is -1.40. The molecule has 0 aliphatic heterocycles. The molecule has 112 valence electrons. The Hall–Kier alpha value is -2.85. The summed E-state index contributed by atoms with van der Waals surface area (Å²) >= 11 is 0. The monoisotopic (exact) mass is 319 g/mol. The second-order valence-electron chi connectivity index (χ2n) is 4.33. The number of sulfone groups is 1. The number of allylic oxidation sites excluding steroid dienone is 1. The zero-order chi connectivity index (χ0) is 16.3. The van der Waals surface area contributed by atoms with Gasteiger partial charge < -0.3 is 10.2 Å². The Labute approximate surface area is 126 Å². The van der Waals surface area contributed by atoms with Crippen LogP contribution in [0.1, 0.15) is 5.56 Å². The van der Waals surface area contributed by atoms with Crippen LogP contribution in [0, 0.1) is 17.1 Å². The van der Waals surface area contributed by atoms with Crippen LogP contribution in [0.25, 0.3) is 6.08 Å². The smallest absolute Gasteiger partial charge is 0.216 e. The van der Waals surface area contributed by atoms with E-state index >= 15 is 0 Å². The van der Waals surface area contributed by atoms with Crippen molar-refractivity contribution < 1.29 is 23.0 Å². The third-order valence-electron chi connectivity index (χ3n) is 2.82. The SMILES string of the molecule is N#C/C(=C\c1ccc(O)c(O)c1)S(=O)(=O)c1ccc(F)cc1. The van der Waals surface area contributed by atoms with Gasteiger partial charge in [0.25, 0.3) is 0 Å². The third-order valence-corrected chi connectivity index (χ3v) is 4.50. The number of nitriles is 1. The van der Waals surface area contributed by atoms with E-state index in [9.17, 15) is 23.0 Å². The van der Waals surface area contributed by atoms with E-state index in [-0.39, 0.29) is 16.2 Å². The maximum absolute atomic E-state index is 12.9. The van der Waals surface area contributed by atoms with Crippen molar-refractivity contribution in [1.29, 1.82) is 5.26 Å². The molecule has 0 bridgehead atoms. The van der Waals surface area contributed by atoms with Gasteiger partial charge in [-0.05, 0) is 48.0 Å². The summed E-state index contributed by atoms with van der Waals surface area (Å²) in [5.41, 5.74) is 0.220. The number of halogens is 1. The van der Waals surface area contributed by atoms with Gasteiger partial charge in [-0.2, -0.15) is 5.26 Å². The van der Waals surface area contributed by atoms with Crippen LogP contribution in [-0.2, 0) is 9.84 Å². The zero-order valence-electron chi connectivity index (χ0n) is 11.1. The molecule has 0 heterocycles. The lowest BCUT2D eigenvalue weighted by Crippen LogP contribution is -2.03. The standard InChI is InChI=1S/C15H10FNO4S/c16-11-2-4-12(5-3-11)22(20,21)13(9-17)7-10-1-6-14(18)15(19)8-10/h1-8,18-19H/b13-7+. The fraction of sp³-hybridized carbons (Fsp3) is 0. The molecule has 5 nitrogen and oxygen atoms in total. The van der Waals surface area contributed by atoms with Crippen LogP contribution in [0.4, 0.5) is 4.39 Å². The predicted octanol–water partition coefficient (Wildman–Crippen LogP) is 2.58. The van der Waals surface area contributed by atoms with Crippen LogP contribution in [-0.4, -0.2) is 18.6 Å². The molecule has 0 aliphatic rings. The highest BCUT2D eigenvalue weighted by Gasteiger charge is 2.21. The molecule has 0 spiro atoms. The summed E-state index contributed by atoms with van der Waals surface area (Å²) in [4.78, 5) is -0.783. The van der Waals surface area contributed by atoms with Crippen LogP contribution >= 0.6 is 0 Å². The first-order chi connectivity index (χ1) is 10.3. The molecule has 22 heavy (non-hydrogen) atoms. The van der Waals surface area contributed by atoms with E-state index in [1.165, 1.54) is 12.1 Å². The summed E-state index contributed by atoms with van der Waals surface area (Å²) < 4.78 is 37.5. The highest BCUT2D eigenvalue weighted by Crippen LogP contribution is 2.27. The lowest BCUT2D eigenvalue weighted by molar-refractivity contribution is 0.403. The number of nitrogens with zero attached hydrogens (tertiary/aromatic N) is 1. The second kappa shape index (κ2) is 5.87. The number of phenols is 2. The van der Waals surface area contributed by atoms with Gasteiger partial charge in [-0.1, -0.05) is 6.07 Å². The molecule has 0 saturated carbocycles. The van der Waals surface area contributed by atoms with Gasteiger partial charge in [-0.15, -0.1) is 0 Å².